The van der Waals surface area contributed by atoms with Gasteiger partial charge in [-0.2, -0.15) is 4.53 Å². The normalized spacial score (nSPS) is 14.5. The van der Waals surface area contributed by atoms with E-state index in [4.69, 9.17) is 39.7 Å². The van der Waals surface area contributed by atoms with Gasteiger partial charge < -0.3 is 15.0 Å². The topological polar surface area (TPSA) is 99.7 Å². The molecule has 1 aliphatic heterocycles. The lowest BCUT2D eigenvalue weighted by Crippen LogP contribution is -2.42. The van der Waals surface area contributed by atoms with Crippen LogP contribution in [-0.2, 0) is 4.74 Å². The van der Waals surface area contributed by atoms with Crippen LogP contribution in [0.1, 0.15) is 50.4 Å². The zero-order valence-corrected chi connectivity index (χ0v) is 22.1. The molecule has 2 heterocycles. The van der Waals surface area contributed by atoms with Crippen molar-refractivity contribution < 1.29 is 14.3 Å². The molecule has 0 unspecified atom stereocenters. The van der Waals surface area contributed by atoms with E-state index >= 15 is 0 Å². The van der Waals surface area contributed by atoms with E-state index in [0.717, 1.165) is 19.3 Å². The summed E-state index contributed by atoms with van der Waals surface area (Å²) in [5.41, 5.74) is 3.01. The number of carbonyl (C=O) groups is 2. The fourth-order valence-corrected chi connectivity index (χ4v) is 4.32. The van der Waals surface area contributed by atoms with E-state index in [9.17, 15) is 9.59 Å². The summed E-state index contributed by atoms with van der Waals surface area (Å²) < 4.78 is 6.63. The molecule has 1 aromatic heterocycles. The lowest BCUT2D eigenvalue weighted by molar-refractivity contribution is 0.0181. The van der Waals surface area contributed by atoms with Gasteiger partial charge in [0.25, 0.3) is 5.91 Å². The van der Waals surface area contributed by atoms with Crippen molar-refractivity contribution in [3.8, 4) is 0 Å². The number of halogens is 3. The summed E-state index contributed by atoms with van der Waals surface area (Å²) in [6.45, 7) is 7.46. The molecule has 35 heavy (non-hydrogen) atoms. The molecule has 12 heteroatoms. The maximum absolute atomic E-state index is 12.9. The number of carbonyl (C=O) groups excluding carboxylic acids is 2. The van der Waals surface area contributed by atoms with Crippen LogP contribution < -0.4 is 15.3 Å². The number of amides is 2. The molecule has 0 spiro atoms. The Bertz CT molecular complexity index is 1020. The van der Waals surface area contributed by atoms with Gasteiger partial charge >= 0.3 is 6.09 Å². The van der Waals surface area contributed by atoms with Crippen LogP contribution in [0.25, 0.3) is 0 Å². The van der Waals surface area contributed by atoms with Gasteiger partial charge in [-0.25, -0.2) is 20.2 Å². The van der Waals surface area contributed by atoms with E-state index in [1.165, 1.54) is 17.1 Å². The lowest BCUT2D eigenvalue weighted by atomic mass is 9.94. The Balaban J connectivity index is 1.51. The van der Waals surface area contributed by atoms with Gasteiger partial charge in [0.15, 0.2) is 5.82 Å². The van der Waals surface area contributed by atoms with E-state index < -0.39 is 11.5 Å². The second-order valence-electron chi connectivity index (χ2n) is 9.20. The first-order valence-corrected chi connectivity index (χ1v) is 12.4. The lowest BCUT2D eigenvalue weighted by Gasteiger charge is -2.33. The van der Waals surface area contributed by atoms with E-state index in [2.05, 4.69) is 20.7 Å². The minimum Gasteiger partial charge on any atom is -0.444 e. The van der Waals surface area contributed by atoms with Crippen LogP contribution >= 0.6 is 35.0 Å². The summed E-state index contributed by atoms with van der Waals surface area (Å²) in [4.78, 5) is 34.9. The third-order valence-corrected chi connectivity index (χ3v) is 6.30. The Hall–Kier alpha value is -2.33. The average Bonchev–Trinajstić information content (AvgIpc) is 2.80. The number of likely N-dealkylation sites (tertiary alicyclic amines) is 1. The maximum atomic E-state index is 12.9. The van der Waals surface area contributed by atoms with Crippen molar-refractivity contribution in [1.29, 1.82) is 0 Å². The molecule has 0 saturated carbocycles. The second kappa shape index (κ2) is 12.1. The second-order valence-corrected chi connectivity index (χ2v) is 10.4. The van der Waals surface area contributed by atoms with Gasteiger partial charge in [-0.15, -0.1) is 0 Å². The molecule has 0 radical (unpaired) electrons. The first-order valence-electron chi connectivity index (χ1n) is 11.3. The summed E-state index contributed by atoms with van der Waals surface area (Å²) in [7, 11) is 0. The number of anilines is 2. The van der Waals surface area contributed by atoms with E-state index in [1.54, 1.807) is 23.1 Å². The number of hydrazine groups is 1. The standard InChI is InChI=1S/C23H29Cl3N6O3/c1-23(2,3)35-22(34)31-11-8-15(9-12-31)7-10-29-32(26)20-16(13-27-14-28-20)21(33)30-19-17(24)5-4-6-18(19)25/h4-6,13-15,29H,7-12H2,1-3H3,(H,30,33). The minimum atomic E-state index is -0.502. The Morgan fingerprint density at radius 2 is 1.86 bits per heavy atom. The number of nitrogens with zero attached hydrogens (tertiary/aromatic N) is 4. The highest BCUT2D eigenvalue weighted by Gasteiger charge is 2.27. The van der Waals surface area contributed by atoms with Gasteiger partial charge in [0, 0.05) is 37.6 Å². The predicted octanol–water partition coefficient (Wildman–Crippen LogP) is 5.54. The summed E-state index contributed by atoms with van der Waals surface area (Å²) in [5, 5.41) is 3.30. The predicted molar refractivity (Wildman–Crippen MR) is 138 cm³/mol. The average molecular weight is 544 g/mol. The monoisotopic (exact) mass is 542 g/mol. The summed E-state index contributed by atoms with van der Waals surface area (Å²) >= 11 is 18.7. The molecule has 2 aromatic rings. The molecule has 3 rings (SSSR count). The highest BCUT2D eigenvalue weighted by atomic mass is 35.5. The number of para-hydroxylation sites is 1. The number of nitrogens with one attached hydrogen (secondary N) is 2. The van der Waals surface area contributed by atoms with E-state index in [0.29, 0.717) is 41.3 Å². The summed E-state index contributed by atoms with van der Waals surface area (Å²) in [5.74, 6) is 0.126. The molecule has 190 valence electrons. The Kier molecular flexibility index (Phi) is 9.40. The van der Waals surface area contributed by atoms with Crippen molar-refractivity contribution in [2.24, 2.45) is 5.92 Å². The Morgan fingerprint density at radius 1 is 1.20 bits per heavy atom. The van der Waals surface area contributed by atoms with Gasteiger partial charge in [-0.3, -0.25) is 4.79 Å². The molecule has 9 nitrogen and oxygen atoms in total. The Morgan fingerprint density at radius 3 is 2.49 bits per heavy atom. The van der Waals surface area contributed by atoms with Crippen molar-refractivity contribution in [3.63, 3.8) is 0 Å². The van der Waals surface area contributed by atoms with Crippen LogP contribution in [-0.4, -0.2) is 52.1 Å². The molecular formula is C23H29Cl3N6O3. The summed E-state index contributed by atoms with van der Waals surface area (Å²) in [6, 6.07) is 4.93. The zero-order chi connectivity index (χ0) is 25.6. The third-order valence-electron chi connectivity index (χ3n) is 5.39. The first-order chi connectivity index (χ1) is 16.5. The SMILES string of the molecule is CC(C)(C)OC(=O)N1CCC(CCNN(Cl)c2ncncc2C(=O)Nc2c(Cl)cccc2Cl)CC1. The third kappa shape index (κ3) is 7.83. The number of rotatable bonds is 7. The van der Waals surface area contributed by atoms with Gasteiger partial charge in [0.2, 0.25) is 0 Å². The molecule has 1 aliphatic rings. The highest BCUT2D eigenvalue weighted by molar-refractivity contribution is 6.40. The quantitative estimate of drug-likeness (QED) is 0.349. The maximum Gasteiger partial charge on any atom is 0.410 e. The fourth-order valence-electron chi connectivity index (χ4n) is 3.61. The van der Waals surface area contributed by atoms with Crippen LogP contribution in [0, 0.1) is 5.92 Å². The highest BCUT2D eigenvalue weighted by Crippen LogP contribution is 2.31. The molecule has 0 bridgehead atoms. The van der Waals surface area contributed by atoms with Crippen LogP contribution in [0.4, 0.5) is 16.3 Å². The number of piperidine rings is 1. The number of ether oxygens (including phenoxy) is 1. The van der Waals surface area contributed by atoms with Crippen LogP contribution in [0.3, 0.4) is 0 Å². The smallest absolute Gasteiger partial charge is 0.410 e. The van der Waals surface area contributed by atoms with Gasteiger partial charge in [0.05, 0.1) is 15.7 Å². The summed E-state index contributed by atoms with van der Waals surface area (Å²) in [6.07, 6.45) is 5.00. The number of benzene rings is 1. The molecular weight excluding hydrogens is 515 g/mol. The minimum absolute atomic E-state index is 0.150. The van der Waals surface area contributed by atoms with Crippen LogP contribution in [0.5, 0.6) is 0 Å². The van der Waals surface area contributed by atoms with E-state index in [-0.39, 0.29) is 17.5 Å². The fraction of sp³-hybridized carbons (Fsp3) is 0.478. The molecule has 0 atom stereocenters. The van der Waals surface area contributed by atoms with Crippen LogP contribution in [0.2, 0.25) is 10.0 Å². The molecule has 1 saturated heterocycles. The Labute approximate surface area is 220 Å². The van der Waals surface area contributed by atoms with Crippen molar-refractivity contribution in [3.05, 3.63) is 46.3 Å². The first kappa shape index (κ1) is 27.3. The molecule has 0 aliphatic carbocycles. The van der Waals surface area contributed by atoms with Crippen molar-refractivity contribution in [2.45, 2.75) is 45.6 Å². The number of aromatic nitrogens is 2. The van der Waals surface area contributed by atoms with Crippen molar-refractivity contribution >= 4 is 58.5 Å². The van der Waals surface area contributed by atoms with Gasteiger partial charge in [0.1, 0.15) is 17.5 Å². The molecule has 2 N–H and O–H groups in total. The van der Waals surface area contributed by atoms with Crippen molar-refractivity contribution in [2.75, 3.05) is 29.5 Å². The molecule has 1 aromatic carbocycles. The largest absolute Gasteiger partial charge is 0.444 e. The zero-order valence-electron chi connectivity index (χ0n) is 19.9. The van der Waals surface area contributed by atoms with Gasteiger partial charge in [-0.1, -0.05) is 29.3 Å². The van der Waals surface area contributed by atoms with E-state index in [1.807, 2.05) is 20.8 Å². The van der Waals surface area contributed by atoms with Crippen molar-refractivity contribution in [1.82, 2.24) is 20.3 Å². The van der Waals surface area contributed by atoms with Crippen LogP contribution in [0.15, 0.2) is 30.7 Å². The number of hydrogen-bond donors (Lipinski definition) is 2. The molecule has 1 fully saturated rings. The number of hydrogen-bond acceptors (Lipinski definition) is 7. The van der Waals surface area contributed by atoms with Gasteiger partial charge in [-0.05, 0) is 58.1 Å². The molecule has 2 amide bonds.